The Morgan fingerprint density at radius 3 is 2.53 bits per heavy atom. The zero-order valence-electron chi connectivity index (χ0n) is 11.9. The number of pyridine rings is 1. The Kier molecular flexibility index (Phi) is 3.74. The normalized spacial score (nSPS) is 12.2. The van der Waals surface area contributed by atoms with Gasteiger partial charge in [0.25, 0.3) is 0 Å². The molecule has 1 aromatic heterocycles. The van der Waals surface area contributed by atoms with Crippen LogP contribution in [-0.4, -0.2) is 10.1 Å². The van der Waals surface area contributed by atoms with Gasteiger partial charge in [0, 0.05) is 11.3 Å². The lowest BCUT2D eigenvalue weighted by molar-refractivity contribution is 0.465. The first kappa shape index (κ1) is 13.4. The first-order valence-electron chi connectivity index (χ1n) is 6.47. The molecule has 3 nitrogen and oxygen atoms in total. The van der Waals surface area contributed by atoms with Crippen molar-refractivity contribution in [2.75, 3.05) is 5.32 Å². The Hall–Kier alpha value is -2.03. The molecule has 1 heterocycles. The predicted octanol–water partition coefficient (Wildman–Crippen LogP) is 3.89. The number of anilines is 1. The van der Waals surface area contributed by atoms with Crippen molar-refractivity contribution in [2.45, 2.75) is 33.7 Å². The van der Waals surface area contributed by atoms with E-state index in [1.807, 2.05) is 52.0 Å². The number of aryl methyl sites for hydroxylation is 3. The average Bonchev–Trinajstić information content (AvgIpc) is 2.35. The van der Waals surface area contributed by atoms with E-state index in [1.165, 1.54) is 0 Å². The monoisotopic (exact) mass is 256 g/mol. The fourth-order valence-electron chi connectivity index (χ4n) is 2.17. The van der Waals surface area contributed by atoms with Crippen molar-refractivity contribution in [3.63, 3.8) is 0 Å². The van der Waals surface area contributed by atoms with Gasteiger partial charge in [-0.1, -0.05) is 17.7 Å². The van der Waals surface area contributed by atoms with Gasteiger partial charge in [-0.2, -0.15) is 0 Å². The summed E-state index contributed by atoms with van der Waals surface area (Å²) in [6.07, 6.45) is 0. The van der Waals surface area contributed by atoms with Gasteiger partial charge in [0.05, 0.1) is 17.4 Å². The number of nitrogens with one attached hydrogen (secondary N) is 1. The van der Waals surface area contributed by atoms with Gasteiger partial charge in [-0.15, -0.1) is 0 Å². The SMILES string of the molecule is Cc1ccc(O)c(C(C)Nc2ccc(C)nc2C)c1. The second kappa shape index (κ2) is 5.31. The highest BCUT2D eigenvalue weighted by Crippen LogP contribution is 2.28. The van der Waals surface area contributed by atoms with Gasteiger partial charge in [-0.25, -0.2) is 0 Å². The Morgan fingerprint density at radius 1 is 1.11 bits per heavy atom. The largest absolute Gasteiger partial charge is 0.508 e. The van der Waals surface area contributed by atoms with Gasteiger partial charge >= 0.3 is 0 Å². The van der Waals surface area contributed by atoms with E-state index in [2.05, 4.69) is 10.3 Å². The van der Waals surface area contributed by atoms with Crippen LogP contribution in [0.3, 0.4) is 0 Å². The maximum atomic E-state index is 9.94. The fraction of sp³-hybridized carbons (Fsp3) is 0.312. The molecule has 0 radical (unpaired) electrons. The van der Waals surface area contributed by atoms with E-state index in [1.54, 1.807) is 6.07 Å². The van der Waals surface area contributed by atoms with Crippen molar-refractivity contribution in [3.8, 4) is 5.75 Å². The molecule has 0 bridgehead atoms. The summed E-state index contributed by atoms with van der Waals surface area (Å²) in [5, 5.41) is 13.3. The van der Waals surface area contributed by atoms with Crippen LogP contribution in [0.15, 0.2) is 30.3 Å². The topological polar surface area (TPSA) is 45.1 Å². The Balaban J connectivity index is 2.25. The molecule has 2 aromatic rings. The van der Waals surface area contributed by atoms with Gasteiger partial charge < -0.3 is 10.4 Å². The van der Waals surface area contributed by atoms with E-state index in [-0.39, 0.29) is 6.04 Å². The zero-order chi connectivity index (χ0) is 14.0. The van der Waals surface area contributed by atoms with E-state index in [0.29, 0.717) is 5.75 Å². The number of rotatable bonds is 3. The van der Waals surface area contributed by atoms with Crippen molar-refractivity contribution in [3.05, 3.63) is 52.8 Å². The van der Waals surface area contributed by atoms with Crippen LogP contribution in [-0.2, 0) is 0 Å². The standard InChI is InChI=1S/C16H20N2O/c1-10-5-8-16(19)14(9-10)12(3)18-15-7-6-11(2)17-13(15)4/h5-9,12,18-19H,1-4H3. The van der Waals surface area contributed by atoms with E-state index in [0.717, 1.165) is 28.2 Å². The van der Waals surface area contributed by atoms with Crippen LogP contribution in [0.1, 0.15) is 35.5 Å². The maximum Gasteiger partial charge on any atom is 0.120 e. The molecule has 0 aliphatic rings. The molecule has 2 N–H and O–H groups in total. The molecule has 0 amide bonds. The summed E-state index contributed by atoms with van der Waals surface area (Å²) in [5.41, 5.74) is 5.02. The van der Waals surface area contributed by atoms with Crippen molar-refractivity contribution < 1.29 is 5.11 Å². The van der Waals surface area contributed by atoms with E-state index >= 15 is 0 Å². The molecule has 0 aliphatic heterocycles. The lowest BCUT2D eigenvalue weighted by Crippen LogP contribution is -2.09. The first-order valence-corrected chi connectivity index (χ1v) is 6.47. The number of aromatic nitrogens is 1. The van der Waals surface area contributed by atoms with E-state index in [4.69, 9.17) is 0 Å². The highest BCUT2D eigenvalue weighted by molar-refractivity contribution is 5.51. The van der Waals surface area contributed by atoms with Crippen molar-refractivity contribution in [2.24, 2.45) is 0 Å². The lowest BCUT2D eigenvalue weighted by Gasteiger charge is -2.18. The van der Waals surface area contributed by atoms with Gasteiger partial charge in [-0.3, -0.25) is 4.98 Å². The summed E-state index contributed by atoms with van der Waals surface area (Å²) in [4.78, 5) is 4.44. The van der Waals surface area contributed by atoms with Crippen LogP contribution >= 0.6 is 0 Å². The Bertz CT molecular complexity index is 593. The summed E-state index contributed by atoms with van der Waals surface area (Å²) in [6.45, 7) is 8.02. The maximum absolute atomic E-state index is 9.94. The molecule has 0 saturated heterocycles. The Labute approximate surface area is 114 Å². The molecule has 100 valence electrons. The van der Waals surface area contributed by atoms with Crippen LogP contribution < -0.4 is 5.32 Å². The lowest BCUT2D eigenvalue weighted by atomic mass is 10.0. The molecule has 19 heavy (non-hydrogen) atoms. The summed E-state index contributed by atoms with van der Waals surface area (Å²) >= 11 is 0. The highest BCUT2D eigenvalue weighted by atomic mass is 16.3. The predicted molar refractivity (Wildman–Crippen MR) is 78.6 cm³/mol. The number of nitrogens with zero attached hydrogens (tertiary/aromatic N) is 1. The average molecular weight is 256 g/mol. The highest BCUT2D eigenvalue weighted by Gasteiger charge is 2.11. The number of benzene rings is 1. The molecule has 0 fully saturated rings. The molecule has 1 unspecified atom stereocenters. The van der Waals surface area contributed by atoms with Gasteiger partial charge in [0.2, 0.25) is 0 Å². The van der Waals surface area contributed by atoms with Crippen LogP contribution in [0.5, 0.6) is 5.75 Å². The molecule has 0 spiro atoms. The number of phenols is 1. The minimum atomic E-state index is 0.0307. The van der Waals surface area contributed by atoms with Crippen LogP contribution in [0.25, 0.3) is 0 Å². The molecular formula is C16H20N2O. The molecule has 3 heteroatoms. The molecule has 1 aromatic carbocycles. The second-order valence-corrected chi connectivity index (χ2v) is 5.01. The summed E-state index contributed by atoms with van der Waals surface area (Å²) < 4.78 is 0. The zero-order valence-corrected chi connectivity index (χ0v) is 11.9. The number of hydrogen-bond acceptors (Lipinski definition) is 3. The van der Waals surface area contributed by atoms with E-state index < -0.39 is 0 Å². The summed E-state index contributed by atoms with van der Waals surface area (Å²) in [7, 11) is 0. The molecule has 0 saturated carbocycles. The van der Waals surface area contributed by atoms with Crippen molar-refractivity contribution in [1.29, 1.82) is 0 Å². The minimum absolute atomic E-state index is 0.0307. The van der Waals surface area contributed by atoms with Crippen LogP contribution in [0.2, 0.25) is 0 Å². The third-order valence-electron chi connectivity index (χ3n) is 3.25. The third kappa shape index (κ3) is 3.05. The molecule has 0 aliphatic carbocycles. The van der Waals surface area contributed by atoms with Gasteiger partial charge in [-0.05, 0) is 45.9 Å². The molecule has 1 atom stereocenters. The smallest absolute Gasteiger partial charge is 0.120 e. The molecular weight excluding hydrogens is 236 g/mol. The number of hydrogen-bond donors (Lipinski definition) is 2. The number of aromatic hydroxyl groups is 1. The van der Waals surface area contributed by atoms with Crippen LogP contribution in [0, 0.1) is 20.8 Å². The van der Waals surface area contributed by atoms with Crippen molar-refractivity contribution in [1.82, 2.24) is 4.98 Å². The van der Waals surface area contributed by atoms with Gasteiger partial charge in [0.15, 0.2) is 0 Å². The van der Waals surface area contributed by atoms with Crippen LogP contribution in [0.4, 0.5) is 5.69 Å². The fourth-order valence-corrected chi connectivity index (χ4v) is 2.17. The third-order valence-corrected chi connectivity index (χ3v) is 3.25. The molecule has 2 rings (SSSR count). The summed E-state index contributed by atoms with van der Waals surface area (Å²) in [6, 6.07) is 9.69. The van der Waals surface area contributed by atoms with E-state index in [9.17, 15) is 5.11 Å². The summed E-state index contributed by atoms with van der Waals surface area (Å²) in [5.74, 6) is 0.323. The minimum Gasteiger partial charge on any atom is -0.508 e. The first-order chi connectivity index (χ1) is 8.97. The quantitative estimate of drug-likeness (QED) is 0.875. The van der Waals surface area contributed by atoms with Crippen molar-refractivity contribution >= 4 is 5.69 Å². The van der Waals surface area contributed by atoms with Gasteiger partial charge in [0.1, 0.15) is 5.75 Å². The number of phenolic OH excluding ortho intramolecular Hbond substituents is 1. The Morgan fingerprint density at radius 2 is 1.84 bits per heavy atom. The second-order valence-electron chi connectivity index (χ2n) is 5.01.